The smallest absolute Gasteiger partial charge is 0.310 e. The Morgan fingerprint density at radius 3 is 1.78 bits per heavy atom. The number of Topliss-reactive ketones (excluding diaryl/α,β-unsaturated/α-hetero) is 1. The minimum atomic E-state index is -1.08. The average molecular weight is 604 g/mol. The van der Waals surface area contributed by atoms with Crippen molar-refractivity contribution in [3.63, 3.8) is 0 Å². The van der Waals surface area contributed by atoms with Crippen molar-refractivity contribution in [2.24, 2.45) is 5.92 Å². The van der Waals surface area contributed by atoms with Gasteiger partial charge in [0.25, 0.3) is 0 Å². The first-order valence-corrected chi connectivity index (χ1v) is 14.0. The van der Waals surface area contributed by atoms with E-state index in [4.69, 9.17) is 10.2 Å². The molecule has 2 aromatic carbocycles. The molecule has 8 heteroatoms. The SMILES string of the molecule is CCC(=O)C(CC(C)N(C)C)(c1ccccc1)c1ccccc1.CCCCCC/C=C/C(CC(=O)O)C(=O)O.Cl.[AlH3]. The van der Waals surface area contributed by atoms with Crippen LogP contribution in [0, 0.1) is 5.92 Å². The van der Waals surface area contributed by atoms with E-state index >= 15 is 0 Å². The molecule has 2 rings (SSSR count). The average Bonchev–Trinajstić information content (AvgIpc) is 2.93. The van der Waals surface area contributed by atoms with Gasteiger partial charge in [-0.3, -0.25) is 14.4 Å². The minimum Gasteiger partial charge on any atom is -0.481 e. The van der Waals surface area contributed by atoms with E-state index in [0.717, 1.165) is 36.8 Å². The maximum Gasteiger partial charge on any atom is 0.310 e. The maximum atomic E-state index is 13.2. The largest absolute Gasteiger partial charge is 0.481 e. The Morgan fingerprint density at radius 1 is 0.878 bits per heavy atom. The van der Waals surface area contributed by atoms with Gasteiger partial charge in [-0.2, -0.15) is 0 Å². The number of carbonyl (C=O) groups is 3. The van der Waals surface area contributed by atoms with E-state index in [1.165, 1.54) is 18.9 Å². The van der Waals surface area contributed by atoms with Crippen molar-refractivity contribution >= 4 is 47.5 Å². The first-order chi connectivity index (χ1) is 18.6. The van der Waals surface area contributed by atoms with Crippen LogP contribution in [-0.4, -0.2) is 70.3 Å². The summed E-state index contributed by atoms with van der Waals surface area (Å²) in [5, 5.41) is 17.3. The summed E-state index contributed by atoms with van der Waals surface area (Å²) < 4.78 is 0. The third-order valence-corrected chi connectivity index (χ3v) is 7.12. The van der Waals surface area contributed by atoms with Gasteiger partial charge in [-0.05, 0) is 51.4 Å². The highest BCUT2D eigenvalue weighted by Gasteiger charge is 2.41. The third-order valence-electron chi connectivity index (χ3n) is 7.12. The predicted octanol–water partition coefficient (Wildman–Crippen LogP) is 6.22. The lowest BCUT2D eigenvalue weighted by molar-refractivity contribution is -0.146. The molecule has 0 aliphatic rings. The lowest BCUT2D eigenvalue weighted by Crippen LogP contribution is -2.42. The fourth-order valence-electron chi connectivity index (χ4n) is 4.59. The zero-order valence-corrected chi connectivity index (χ0v) is 25.5. The van der Waals surface area contributed by atoms with Crippen molar-refractivity contribution < 1.29 is 24.6 Å². The molecule has 0 fully saturated rings. The van der Waals surface area contributed by atoms with Gasteiger partial charge in [0, 0.05) is 12.5 Å². The van der Waals surface area contributed by atoms with E-state index in [1.54, 1.807) is 6.08 Å². The Hall–Kier alpha value is -2.43. The van der Waals surface area contributed by atoms with Gasteiger partial charge in [0.2, 0.25) is 0 Å². The summed E-state index contributed by atoms with van der Waals surface area (Å²) >= 11 is 0. The molecule has 41 heavy (non-hydrogen) atoms. The van der Waals surface area contributed by atoms with E-state index in [0.29, 0.717) is 12.5 Å². The van der Waals surface area contributed by atoms with Crippen LogP contribution in [0.1, 0.15) is 83.3 Å². The molecule has 0 radical (unpaired) electrons. The fourth-order valence-corrected chi connectivity index (χ4v) is 4.59. The summed E-state index contributed by atoms with van der Waals surface area (Å²) in [5.74, 6) is -2.78. The van der Waals surface area contributed by atoms with Gasteiger partial charge >= 0.3 is 11.9 Å². The van der Waals surface area contributed by atoms with Crippen LogP contribution in [0.2, 0.25) is 0 Å². The highest BCUT2D eigenvalue weighted by Crippen LogP contribution is 2.39. The molecule has 2 N–H and O–H groups in total. The number of carboxylic acid groups (broad SMARTS) is 2. The van der Waals surface area contributed by atoms with Crippen molar-refractivity contribution in [1.82, 2.24) is 4.90 Å². The summed E-state index contributed by atoms with van der Waals surface area (Å²) in [6, 6.07) is 20.7. The van der Waals surface area contributed by atoms with E-state index in [9.17, 15) is 14.4 Å². The van der Waals surface area contributed by atoms with E-state index < -0.39 is 23.3 Å². The molecule has 0 saturated carbocycles. The maximum absolute atomic E-state index is 13.2. The minimum absolute atomic E-state index is 0. The van der Waals surface area contributed by atoms with Crippen LogP contribution in [0.5, 0.6) is 0 Å². The lowest BCUT2D eigenvalue weighted by Gasteiger charge is -2.37. The second-order valence-electron chi connectivity index (χ2n) is 10.3. The number of benzene rings is 2. The van der Waals surface area contributed by atoms with Gasteiger partial charge in [0.15, 0.2) is 17.4 Å². The van der Waals surface area contributed by atoms with Crippen LogP contribution in [-0.2, 0) is 19.8 Å². The monoisotopic (exact) mass is 603 g/mol. The number of ketones is 1. The van der Waals surface area contributed by atoms with Gasteiger partial charge in [-0.1, -0.05) is 106 Å². The van der Waals surface area contributed by atoms with Crippen LogP contribution >= 0.6 is 12.4 Å². The van der Waals surface area contributed by atoms with Crippen LogP contribution in [0.4, 0.5) is 0 Å². The van der Waals surface area contributed by atoms with Crippen LogP contribution < -0.4 is 0 Å². The number of hydrogen-bond acceptors (Lipinski definition) is 4. The molecule has 2 atom stereocenters. The number of aliphatic carboxylic acids is 2. The van der Waals surface area contributed by atoms with Gasteiger partial charge in [0.1, 0.15) is 5.78 Å². The molecule has 2 unspecified atom stereocenters. The quantitative estimate of drug-likeness (QED) is 0.134. The molecular weight excluding hydrogens is 553 g/mol. The van der Waals surface area contributed by atoms with Crippen molar-refractivity contribution in [3.05, 3.63) is 83.9 Å². The topological polar surface area (TPSA) is 94.9 Å². The Morgan fingerprint density at radius 2 is 1.39 bits per heavy atom. The highest BCUT2D eigenvalue weighted by atomic mass is 35.5. The molecule has 0 aliphatic carbocycles. The predicted molar refractivity (Wildman–Crippen MR) is 175 cm³/mol. The van der Waals surface area contributed by atoms with E-state index in [-0.39, 0.29) is 42.0 Å². The van der Waals surface area contributed by atoms with Crippen LogP contribution in [0.15, 0.2) is 72.8 Å². The number of rotatable bonds is 16. The molecular formula is C33H51AlClNO5. The fraction of sp³-hybridized carbons (Fsp3) is 0.485. The lowest BCUT2D eigenvalue weighted by atomic mass is 9.67. The molecule has 228 valence electrons. The number of halogens is 1. The van der Waals surface area contributed by atoms with Crippen molar-refractivity contribution in [2.75, 3.05) is 14.1 Å². The highest BCUT2D eigenvalue weighted by molar-refractivity contribution is 5.93. The Labute approximate surface area is 263 Å². The van der Waals surface area contributed by atoms with Crippen molar-refractivity contribution in [3.8, 4) is 0 Å². The Balaban J connectivity index is 0. The molecule has 0 amide bonds. The number of allylic oxidation sites excluding steroid dienone is 1. The van der Waals surface area contributed by atoms with E-state index in [1.807, 2.05) is 43.3 Å². The molecule has 6 nitrogen and oxygen atoms in total. The summed E-state index contributed by atoms with van der Waals surface area (Å²) in [4.78, 5) is 36.4. The standard InChI is InChI=1S/C21H27NO.C12H20O4.Al.ClH.3H/c1-5-20(23)21(16-17(2)22(3)4,18-12-8-6-9-13-18)19-14-10-7-11-15-19;1-2-3-4-5-6-7-8-10(12(15)16)9-11(13)14;;;;;/h6-15,17H,5,16H2,1-4H3;7-8,10H,2-6,9H2,1H3,(H,13,14)(H,15,16);;1H;;;/b;8-7+;;;;;. The van der Waals surface area contributed by atoms with E-state index in [2.05, 4.69) is 57.1 Å². The molecule has 0 aromatic heterocycles. The summed E-state index contributed by atoms with van der Waals surface area (Å²) in [6.07, 6.45) is 9.57. The van der Waals surface area contributed by atoms with Crippen molar-refractivity contribution in [2.45, 2.75) is 83.6 Å². The molecule has 0 aliphatic heterocycles. The molecule has 0 heterocycles. The second-order valence-corrected chi connectivity index (χ2v) is 10.3. The first kappa shape index (κ1) is 40.7. The van der Waals surface area contributed by atoms with Gasteiger partial charge < -0.3 is 15.1 Å². The van der Waals surface area contributed by atoms with Gasteiger partial charge in [-0.15, -0.1) is 12.4 Å². The van der Waals surface area contributed by atoms with Crippen molar-refractivity contribution in [1.29, 1.82) is 0 Å². The summed E-state index contributed by atoms with van der Waals surface area (Å²) in [7, 11) is 4.14. The second kappa shape index (κ2) is 22.2. The van der Waals surface area contributed by atoms with Crippen LogP contribution in [0.3, 0.4) is 0 Å². The first-order valence-electron chi connectivity index (χ1n) is 14.0. The number of carbonyl (C=O) groups excluding carboxylic acids is 1. The number of hydrogen-bond donors (Lipinski definition) is 2. The molecule has 0 spiro atoms. The van der Waals surface area contributed by atoms with Gasteiger partial charge in [0.05, 0.1) is 17.8 Å². The number of nitrogens with zero attached hydrogens (tertiary/aromatic N) is 1. The number of unbranched alkanes of at least 4 members (excludes halogenated alkanes) is 4. The van der Waals surface area contributed by atoms with Gasteiger partial charge in [-0.25, -0.2) is 0 Å². The number of carboxylic acids is 2. The van der Waals surface area contributed by atoms with Crippen LogP contribution in [0.25, 0.3) is 0 Å². The summed E-state index contributed by atoms with van der Waals surface area (Å²) in [6.45, 7) is 6.27. The normalized spacial score (nSPS) is 12.3. The zero-order valence-electron chi connectivity index (χ0n) is 24.7. The molecule has 0 saturated heterocycles. The Bertz CT molecular complexity index is 991. The molecule has 0 bridgehead atoms. The summed E-state index contributed by atoms with van der Waals surface area (Å²) in [5.41, 5.74) is 1.60. The Kier molecular flexibility index (Phi) is 22.0. The third kappa shape index (κ3) is 13.9. The molecule has 2 aromatic rings. The zero-order chi connectivity index (χ0) is 29.3.